The summed E-state index contributed by atoms with van der Waals surface area (Å²) in [6.45, 7) is 23.9. The fourth-order valence-electron chi connectivity index (χ4n) is 3.97. The molecule has 2 aliphatic rings. The van der Waals surface area contributed by atoms with Crippen LogP contribution in [0, 0.1) is 23.0 Å². The Bertz CT molecular complexity index is 1190. The van der Waals surface area contributed by atoms with Gasteiger partial charge in [-0.1, -0.05) is 103 Å². The van der Waals surface area contributed by atoms with Crippen molar-refractivity contribution in [2.45, 2.75) is 76.2 Å². The van der Waals surface area contributed by atoms with Crippen LogP contribution in [0.5, 0.6) is 0 Å². The van der Waals surface area contributed by atoms with Crippen molar-refractivity contribution in [3.63, 3.8) is 0 Å². The number of benzene rings is 2. The van der Waals surface area contributed by atoms with Crippen molar-refractivity contribution in [1.29, 1.82) is 0 Å². The number of aromatic carboxylic acids is 2. The summed E-state index contributed by atoms with van der Waals surface area (Å²) in [5.74, 6) is -1.76. The molecule has 5 heteroatoms. The molecular formula is C36H46HfO4. The Balaban J connectivity index is 0.000000504. The van der Waals surface area contributed by atoms with Crippen molar-refractivity contribution in [2.75, 3.05) is 0 Å². The van der Waals surface area contributed by atoms with Crippen molar-refractivity contribution in [2.24, 2.45) is 10.8 Å². The third kappa shape index (κ3) is 13.1. The van der Waals surface area contributed by atoms with Gasteiger partial charge in [-0.15, -0.1) is 13.8 Å². The molecule has 2 aromatic rings. The molecule has 4 nitrogen and oxygen atoms in total. The summed E-state index contributed by atoms with van der Waals surface area (Å²) in [7, 11) is 0. The Morgan fingerprint density at radius 1 is 0.634 bits per heavy atom. The molecular weight excluding hydrogens is 675 g/mol. The number of allylic oxidation sites excluding steroid dienone is 8. The molecule has 4 rings (SSSR count). The second-order valence-corrected chi connectivity index (χ2v) is 13.0. The van der Waals surface area contributed by atoms with Gasteiger partial charge >= 0.3 is 46.5 Å². The van der Waals surface area contributed by atoms with Crippen LogP contribution in [0.15, 0.2) is 94.1 Å². The van der Waals surface area contributed by atoms with Crippen molar-refractivity contribution < 1.29 is 43.7 Å². The zero-order chi connectivity index (χ0) is 32.0. The summed E-state index contributed by atoms with van der Waals surface area (Å²) in [5, 5.41) is 16.8. The topological polar surface area (TPSA) is 74.6 Å². The summed E-state index contributed by atoms with van der Waals surface area (Å²) in [4.78, 5) is 20.4. The van der Waals surface area contributed by atoms with Gasteiger partial charge in [0.05, 0.1) is 11.1 Å². The van der Waals surface area contributed by atoms with Crippen LogP contribution in [0.2, 0.25) is 0 Å². The average molecular weight is 721 g/mol. The molecule has 0 heterocycles. The minimum atomic E-state index is -0.879. The summed E-state index contributed by atoms with van der Waals surface area (Å²) < 4.78 is 2.14. The van der Waals surface area contributed by atoms with E-state index >= 15 is 0 Å². The molecule has 0 amide bonds. The smallest absolute Gasteiger partial charge is 0.335 e. The maximum Gasteiger partial charge on any atom is 0.335 e. The molecule has 0 saturated carbocycles. The van der Waals surface area contributed by atoms with Crippen LogP contribution in [0.1, 0.15) is 96.9 Å². The number of carboxylic acids is 2. The number of rotatable bonds is 2. The zero-order valence-corrected chi connectivity index (χ0v) is 30.2. The van der Waals surface area contributed by atoms with E-state index in [0.29, 0.717) is 11.1 Å². The molecule has 41 heavy (non-hydrogen) atoms. The van der Waals surface area contributed by atoms with Crippen molar-refractivity contribution in [3.8, 4) is 0 Å². The maximum atomic E-state index is 10.2. The predicted molar refractivity (Wildman–Crippen MR) is 168 cm³/mol. The molecule has 218 valence electrons. The molecule has 0 atom stereocenters. The fourth-order valence-corrected chi connectivity index (χ4v) is 3.97. The van der Waals surface area contributed by atoms with Crippen molar-refractivity contribution >= 4 is 15.7 Å². The van der Waals surface area contributed by atoms with Crippen LogP contribution >= 0.6 is 0 Å². The second-order valence-electron chi connectivity index (χ2n) is 10.9. The molecule has 0 aromatic heterocycles. The molecule has 0 fully saturated rings. The number of hydrogen-bond acceptors (Lipinski definition) is 2. The van der Waals surface area contributed by atoms with Crippen molar-refractivity contribution in [1.82, 2.24) is 0 Å². The Morgan fingerprint density at radius 2 is 0.878 bits per heavy atom. The quantitative estimate of drug-likeness (QED) is 0.240. The van der Waals surface area contributed by atoms with Crippen LogP contribution in [0.3, 0.4) is 0 Å². The van der Waals surface area contributed by atoms with Crippen molar-refractivity contribution in [3.05, 3.63) is 117 Å². The summed E-state index contributed by atoms with van der Waals surface area (Å²) >= 11 is 1.24. The first kappa shape index (κ1) is 38.1. The van der Waals surface area contributed by atoms with Crippen LogP contribution < -0.4 is 0 Å². The summed E-state index contributed by atoms with van der Waals surface area (Å²) in [6, 6.07) is 16.6. The van der Waals surface area contributed by atoms with Gasteiger partial charge in [-0.05, 0) is 24.3 Å². The molecule has 2 N–H and O–H groups in total. The standard InChI is InChI=1S/2C10H15.2C7H6O2.C2H4.Hf/c2*1-7-6-10(4,5)9(3)8(7)2;2*8-7(9)6-4-2-1-3-5-6;1-2;/h2*1-5H3;2*1-5H,(H,8,9);1H,2H3;/q2*-1;;;;+2. The van der Waals surface area contributed by atoms with Crippen LogP contribution in [-0.4, -0.2) is 25.9 Å². The largest absolute Gasteiger partial charge is 0.478 e. The molecule has 0 bridgehead atoms. The Morgan fingerprint density at radius 3 is 0.976 bits per heavy atom. The predicted octanol–water partition coefficient (Wildman–Crippen LogP) is 9.35. The SMILES string of the molecule is CC1=[C-]C(C)(C)C(C)=C1C.CC1=[C-]C(C)(C)C(C)=C1C.C[CH]=[Hf+2].O=C(O)c1ccccc1.O=C(O)c1ccccc1. The molecule has 0 spiro atoms. The van der Waals surface area contributed by atoms with E-state index in [0.717, 1.165) is 0 Å². The van der Waals surface area contributed by atoms with Gasteiger partial charge in [0, 0.05) is 0 Å². The second kappa shape index (κ2) is 17.8. The first-order chi connectivity index (χ1) is 18.9. The van der Waals surface area contributed by atoms with Gasteiger partial charge in [-0.25, -0.2) is 20.7 Å². The van der Waals surface area contributed by atoms with E-state index in [1.807, 2.05) is 0 Å². The normalized spacial score (nSPS) is 15.7. The van der Waals surface area contributed by atoms with E-state index in [1.54, 1.807) is 60.7 Å². The van der Waals surface area contributed by atoms with E-state index in [-0.39, 0.29) is 10.8 Å². The summed E-state index contributed by atoms with van der Waals surface area (Å²) in [6.07, 6.45) is 6.87. The van der Waals surface area contributed by atoms with Gasteiger partial charge in [-0.3, -0.25) is 12.2 Å². The maximum absolute atomic E-state index is 10.2. The molecule has 2 aliphatic carbocycles. The van der Waals surface area contributed by atoms with Crippen LogP contribution in [-0.2, 0) is 23.9 Å². The van der Waals surface area contributed by atoms with Gasteiger partial charge in [-0.2, -0.15) is 22.3 Å². The molecule has 0 radical (unpaired) electrons. The number of hydrogen-bond donors (Lipinski definition) is 2. The Kier molecular flexibility index (Phi) is 16.5. The van der Waals surface area contributed by atoms with Gasteiger partial charge in [0.2, 0.25) is 0 Å². The summed E-state index contributed by atoms with van der Waals surface area (Å²) in [5.41, 5.74) is 9.45. The van der Waals surface area contributed by atoms with Gasteiger partial charge in [0.25, 0.3) is 0 Å². The van der Waals surface area contributed by atoms with Gasteiger partial charge in [0.15, 0.2) is 0 Å². The minimum absolute atomic E-state index is 0.189. The van der Waals surface area contributed by atoms with E-state index in [2.05, 4.69) is 92.1 Å². The first-order valence-electron chi connectivity index (χ1n) is 13.5. The zero-order valence-electron chi connectivity index (χ0n) is 26.6. The fraction of sp³-hybridized carbons (Fsp3) is 0.361. The molecule has 0 saturated heterocycles. The van der Waals surface area contributed by atoms with E-state index in [9.17, 15) is 9.59 Å². The first-order valence-corrected chi connectivity index (χ1v) is 15.6. The minimum Gasteiger partial charge on any atom is -0.478 e. The van der Waals surface area contributed by atoms with Crippen LogP contribution in [0.4, 0.5) is 0 Å². The average Bonchev–Trinajstić information content (AvgIpc) is 3.21. The third-order valence-corrected chi connectivity index (χ3v) is 7.17. The Labute approximate surface area is 262 Å². The molecule has 2 aromatic carbocycles. The van der Waals surface area contributed by atoms with Crippen LogP contribution in [0.25, 0.3) is 0 Å². The molecule has 0 aliphatic heterocycles. The van der Waals surface area contributed by atoms with E-state index < -0.39 is 11.9 Å². The Hall–Kier alpha value is -2.92. The number of carboxylic acid groups (broad SMARTS) is 2. The van der Waals surface area contributed by atoms with Gasteiger partial charge < -0.3 is 10.2 Å². The van der Waals surface area contributed by atoms with E-state index in [1.165, 1.54) is 57.3 Å². The van der Waals surface area contributed by atoms with E-state index in [4.69, 9.17) is 10.2 Å². The third-order valence-electron chi connectivity index (χ3n) is 7.17. The van der Waals surface area contributed by atoms with Gasteiger partial charge in [0.1, 0.15) is 0 Å². The monoisotopic (exact) mass is 722 g/mol. The number of carbonyl (C=O) groups is 2. The molecule has 0 unspecified atom stereocenters.